The maximum Gasteiger partial charge on any atom is 0.309 e. The Morgan fingerprint density at radius 1 is 0.792 bits per heavy atom. The maximum atomic E-state index is 12.5. The highest BCUT2D eigenvalue weighted by molar-refractivity contribution is 5.72. The van der Waals surface area contributed by atoms with Crippen LogP contribution in [0.3, 0.4) is 0 Å². The van der Waals surface area contributed by atoms with E-state index in [4.69, 9.17) is 18.9 Å². The van der Waals surface area contributed by atoms with Crippen LogP contribution in [0.2, 0.25) is 0 Å². The topological polar surface area (TPSA) is 94.5 Å². The molecule has 2 aromatic rings. The molecule has 0 radical (unpaired) electrons. The predicted molar refractivity (Wildman–Crippen MR) is 214 cm³/mol. The molecule has 0 saturated heterocycles. The molecule has 2 aliphatic carbocycles. The second-order valence-electron chi connectivity index (χ2n) is 16.7. The summed E-state index contributed by atoms with van der Waals surface area (Å²) in [7, 11) is 1.70. The van der Waals surface area contributed by atoms with Crippen LogP contribution in [0.1, 0.15) is 115 Å². The molecule has 0 amide bonds. The van der Waals surface area contributed by atoms with Crippen molar-refractivity contribution < 1.29 is 34.0 Å². The molecule has 2 aliphatic rings. The SMILES string of the molecule is C=CCc1cc(C(C)(C)c2ccc(OCC(O)COCC3CCC(C(C)(C)C4CCC(C(=O)OCC(O)CC)CC4)CC3)c(CC=C)c2)ccc1OC. The van der Waals surface area contributed by atoms with Gasteiger partial charge in [0, 0.05) is 12.0 Å². The van der Waals surface area contributed by atoms with E-state index in [0.717, 1.165) is 67.6 Å². The molecule has 2 aromatic carbocycles. The fourth-order valence-electron chi connectivity index (χ4n) is 8.57. The van der Waals surface area contributed by atoms with Gasteiger partial charge in [-0.25, -0.2) is 0 Å². The lowest BCUT2D eigenvalue weighted by Gasteiger charge is -2.46. The predicted octanol–water partition coefficient (Wildman–Crippen LogP) is 9.19. The highest BCUT2D eigenvalue weighted by Crippen LogP contribution is 2.50. The van der Waals surface area contributed by atoms with Crippen molar-refractivity contribution in [2.45, 2.75) is 123 Å². The normalized spacial score (nSPS) is 22.0. The molecule has 7 nitrogen and oxygen atoms in total. The summed E-state index contributed by atoms with van der Waals surface area (Å²) in [4.78, 5) is 12.5. The van der Waals surface area contributed by atoms with E-state index in [1.54, 1.807) is 7.11 Å². The highest BCUT2D eigenvalue weighted by Gasteiger charge is 2.41. The van der Waals surface area contributed by atoms with Crippen LogP contribution in [0.5, 0.6) is 11.5 Å². The minimum atomic E-state index is -0.718. The first-order valence-electron chi connectivity index (χ1n) is 20.1. The van der Waals surface area contributed by atoms with E-state index in [1.165, 1.54) is 24.0 Å². The van der Waals surface area contributed by atoms with Crippen LogP contribution in [0.25, 0.3) is 0 Å². The van der Waals surface area contributed by atoms with Gasteiger partial charge < -0.3 is 29.2 Å². The van der Waals surface area contributed by atoms with Crippen LogP contribution >= 0.6 is 0 Å². The Morgan fingerprint density at radius 2 is 1.34 bits per heavy atom. The first kappa shape index (κ1) is 42.6. The van der Waals surface area contributed by atoms with Crippen molar-refractivity contribution in [1.82, 2.24) is 0 Å². The van der Waals surface area contributed by atoms with E-state index in [-0.39, 0.29) is 42.5 Å². The van der Waals surface area contributed by atoms with Crippen LogP contribution in [0.15, 0.2) is 61.7 Å². The van der Waals surface area contributed by atoms with Gasteiger partial charge in [-0.15, -0.1) is 13.2 Å². The number of allylic oxidation sites excluding steroid dienone is 2. The van der Waals surface area contributed by atoms with Crippen molar-refractivity contribution in [2.24, 2.45) is 29.1 Å². The second kappa shape index (κ2) is 20.0. The molecule has 2 saturated carbocycles. The number of hydrogen-bond acceptors (Lipinski definition) is 7. The number of esters is 1. The van der Waals surface area contributed by atoms with E-state index in [1.807, 2.05) is 31.2 Å². The van der Waals surface area contributed by atoms with Crippen LogP contribution in [0.4, 0.5) is 0 Å². The molecule has 53 heavy (non-hydrogen) atoms. The van der Waals surface area contributed by atoms with Gasteiger partial charge in [0.2, 0.25) is 0 Å². The molecule has 0 aliphatic heterocycles. The summed E-state index contributed by atoms with van der Waals surface area (Å²) in [5.74, 6) is 3.24. The van der Waals surface area contributed by atoms with E-state index in [2.05, 4.69) is 65.1 Å². The largest absolute Gasteiger partial charge is 0.496 e. The molecule has 2 N–H and O–H groups in total. The number of aliphatic hydroxyl groups excluding tert-OH is 2. The number of aliphatic hydroxyl groups is 2. The minimum absolute atomic E-state index is 0.0332. The average Bonchev–Trinajstić information content (AvgIpc) is 3.16. The third-order valence-electron chi connectivity index (χ3n) is 12.5. The van der Waals surface area contributed by atoms with Crippen LogP contribution in [0, 0.1) is 29.1 Å². The molecular formula is C46H68O7. The third-order valence-corrected chi connectivity index (χ3v) is 12.5. The Balaban J connectivity index is 1.21. The summed E-state index contributed by atoms with van der Waals surface area (Å²) in [5, 5.41) is 20.5. The summed E-state index contributed by atoms with van der Waals surface area (Å²) in [6, 6.07) is 12.7. The van der Waals surface area contributed by atoms with E-state index in [0.29, 0.717) is 37.2 Å². The van der Waals surface area contributed by atoms with Gasteiger partial charge in [0.25, 0.3) is 0 Å². The average molecular weight is 733 g/mol. The third kappa shape index (κ3) is 11.4. The smallest absolute Gasteiger partial charge is 0.309 e. The van der Waals surface area contributed by atoms with Gasteiger partial charge in [-0.1, -0.05) is 71.0 Å². The fraction of sp³-hybridized carbons (Fsp3) is 0.630. The first-order valence-corrected chi connectivity index (χ1v) is 20.1. The molecule has 2 unspecified atom stereocenters. The van der Waals surface area contributed by atoms with Crippen molar-refractivity contribution in [3.8, 4) is 11.5 Å². The van der Waals surface area contributed by atoms with Crippen molar-refractivity contribution in [3.63, 3.8) is 0 Å². The van der Waals surface area contributed by atoms with Crippen molar-refractivity contribution in [3.05, 3.63) is 84.0 Å². The fourth-order valence-corrected chi connectivity index (χ4v) is 8.57. The number of benzene rings is 2. The molecule has 2 fully saturated rings. The quantitative estimate of drug-likeness (QED) is 0.104. The second-order valence-corrected chi connectivity index (χ2v) is 16.7. The number of methoxy groups -OCH3 is 1. The molecule has 0 heterocycles. The number of ether oxygens (including phenoxy) is 4. The summed E-state index contributed by atoms with van der Waals surface area (Å²) < 4.78 is 23.2. The summed E-state index contributed by atoms with van der Waals surface area (Å²) in [5.41, 5.74) is 4.50. The van der Waals surface area contributed by atoms with Gasteiger partial charge in [-0.3, -0.25) is 4.79 Å². The summed E-state index contributed by atoms with van der Waals surface area (Å²) in [6.07, 6.45) is 13.0. The Hall–Kier alpha value is -3.13. The van der Waals surface area contributed by atoms with Crippen LogP contribution in [-0.2, 0) is 32.5 Å². The lowest BCUT2D eigenvalue weighted by molar-refractivity contribution is -0.153. The van der Waals surface area contributed by atoms with Gasteiger partial charge in [-0.2, -0.15) is 0 Å². The van der Waals surface area contributed by atoms with Crippen molar-refractivity contribution >= 4 is 5.97 Å². The number of rotatable bonds is 20. The number of carbonyl (C=O) groups excluding carboxylic acids is 1. The lowest BCUT2D eigenvalue weighted by Crippen LogP contribution is -2.38. The zero-order valence-electron chi connectivity index (χ0n) is 33.5. The lowest BCUT2D eigenvalue weighted by atomic mass is 9.59. The van der Waals surface area contributed by atoms with Gasteiger partial charge in [0.05, 0.1) is 25.7 Å². The van der Waals surface area contributed by atoms with Crippen molar-refractivity contribution in [2.75, 3.05) is 33.5 Å². The molecule has 0 aromatic heterocycles. The van der Waals surface area contributed by atoms with E-state index in [9.17, 15) is 15.0 Å². The highest BCUT2D eigenvalue weighted by atomic mass is 16.5. The minimum Gasteiger partial charge on any atom is -0.496 e. The maximum absolute atomic E-state index is 12.5. The molecule has 4 rings (SSSR count). The zero-order chi connectivity index (χ0) is 38.6. The Bertz CT molecular complexity index is 1460. The molecule has 2 atom stereocenters. The van der Waals surface area contributed by atoms with Gasteiger partial charge in [-0.05, 0) is 128 Å². The molecule has 0 bridgehead atoms. The molecule has 0 spiro atoms. The standard InChI is InChI=1S/C46H68O7/c1-9-12-34-26-38(22-24-42(34)50-8)46(6,7)39-23-25-43(35(27-39)13-10-2)52-31-41(48)29-51-28-32-14-18-36(19-15-32)45(4,5)37-20-16-33(17-21-37)44(49)53-30-40(47)11-3/h9-10,22-27,32-33,36-37,40-41,47-48H,1-2,11-21,28-31H2,3-8H3. The summed E-state index contributed by atoms with van der Waals surface area (Å²) >= 11 is 0. The van der Waals surface area contributed by atoms with Crippen molar-refractivity contribution in [1.29, 1.82) is 0 Å². The molecule has 294 valence electrons. The number of hydrogen-bond donors (Lipinski definition) is 2. The Morgan fingerprint density at radius 3 is 1.89 bits per heavy atom. The van der Waals surface area contributed by atoms with E-state index >= 15 is 0 Å². The number of carbonyl (C=O) groups is 1. The summed E-state index contributed by atoms with van der Waals surface area (Å²) in [6.45, 7) is 20.3. The first-order chi connectivity index (χ1) is 25.3. The van der Waals surface area contributed by atoms with Gasteiger partial charge in [0.1, 0.15) is 30.8 Å². The molecular weight excluding hydrogens is 664 g/mol. The Labute approximate surface area is 320 Å². The van der Waals surface area contributed by atoms with Gasteiger partial charge >= 0.3 is 5.97 Å². The van der Waals surface area contributed by atoms with E-state index < -0.39 is 12.2 Å². The van der Waals surface area contributed by atoms with Crippen LogP contribution in [-0.4, -0.2) is 61.9 Å². The molecule has 7 heteroatoms. The monoisotopic (exact) mass is 732 g/mol. The van der Waals surface area contributed by atoms with Crippen LogP contribution < -0.4 is 9.47 Å². The Kier molecular flexibility index (Phi) is 16.1. The zero-order valence-corrected chi connectivity index (χ0v) is 33.5. The van der Waals surface area contributed by atoms with Gasteiger partial charge in [0.15, 0.2) is 0 Å².